The molecule has 0 unspecified atom stereocenters. The molecule has 3 aromatic carbocycles. The summed E-state index contributed by atoms with van der Waals surface area (Å²) in [7, 11) is 1.71. The highest BCUT2D eigenvalue weighted by Gasteiger charge is 2.30. The minimum Gasteiger partial charge on any atom is -0.488 e. The van der Waals surface area contributed by atoms with Crippen molar-refractivity contribution in [1.29, 1.82) is 0 Å². The van der Waals surface area contributed by atoms with E-state index < -0.39 is 5.97 Å². The number of para-hydroxylation sites is 1. The predicted molar refractivity (Wildman–Crippen MR) is 134 cm³/mol. The smallest absolute Gasteiger partial charge is 0.335 e. The van der Waals surface area contributed by atoms with Gasteiger partial charge in [-0.05, 0) is 65.9 Å². The first-order valence-corrected chi connectivity index (χ1v) is 11.6. The number of carbonyl (C=O) groups is 2. The summed E-state index contributed by atoms with van der Waals surface area (Å²) in [5.74, 6) is -0.470. The summed E-state index contributed by atoms with van der Waals surface area (Å²) >= 11 is 4.72. The van der Waals surface area contributed by atoms with Crippen LogP contribution in [-0.2, 0) is 11.4 Å². The Morgan fingerprint density at radius 1 is 1.09 bits per heavy atom. The molecule has 0 aliphatic carbocycles. The maximum absolute atomic E-state index is 12.8. The van der Waals surface area contributed by atoms with Gasteiger partial charge in [-0.1, -0.05) is 46.3 Å². The first-order valence-electron chi connectivity index (χ1n) is 9.96. The Bertz CT molecular complexity index is 1250. The molecule has 1 aliphatic rings. The number of carboxylic acids is 1. The van der Waals surface area contributed by atoms with Gasteiger partial charge in [-0.25, -0.2) is 9.79 Å². The molecule has 4 rings (SSSR count). The summed E-state index contributed by atoms with van der Waals surface area (Å²) in [5, 5.41) is 9.63. The third-order valence-corrected chi connectivity index (χ3v) is 6.44. The van der Waals surface area contributed by atoms with Crippen molar-refractivity contribution in [3.05, 3.63) is 98.9 Å². The van der Waals surface area contributed by atoms with E-state index in [1.54, 1.807) is 37.4 Å². The van der Waals surface area contributed by atoms with Crippen molar-refractivity contribution in [2.24, 2.45) is 4.99 Å². The van der Waals surface area contributed by atoms with Gasteiger partial charge < -0.3 is 9.84 Å². The Morgan fingerprint density at radius 3 is 2.48 bits per heavy atom. The topological polar surface area (TPSA) is 79.2 Å². The second-order valence-electron chi connectivity index (χ2n) is 7.17. The molecule has 1 aliphatic heterocycles. The van der Waals surface area contributed by atoms with E-state index in [-0.39, 0.29) is 18.1 Å². The van der Waals surface area contributed by atoms with E-state index in [0.29, 0.717) is 15.8 Å². The van der Waals surface area contributed by atoms with Gasteiger partial charge in [-0.15, -0.1) is 0 Å². The molecule has 1 amide bonds. The monoisotopic (exact) mass is 522 g/mol. The van der Waals surface area contributed by atoms with Crippen LogP contribution in [0.1, 0.15) is 21.5 Å². The summed E-state index contributed by atoms with van der Waals surface area (Å²) in [6.45, 7) is 0.275. The standard InChI is InChI=1S/C25H19BrN2O4S/c1-28-23(29)22(33-25(28)27-20-12-10-19(26)11-13-20)14-18-4-2-3-5-21(18)32-15-16-6-8-17(9-7-16)24(30)31/h2-14H,15H2,1H3,(H,30,31)/b22-14-,27-25?. The molecule has 8 heteroatoms. The van der Waals surface area contributed by atoms with E-state index in [4.69, 9.17) is 9.84 Å². The van der Waals surface area contributed by atoms with Gasteiger partial charge in [0, 0.05) is 17.1 Å². The third-order valence-electron chi connectivity index (χ3n) is 4.86. The largest absolute Gasteiger partial charge is 0.488 e. The number of benzene rings is 3. The highest BCUT2D eigenvalue weighted by atomic mass is 79.9. The normalized spacial score (nSPS) is 15.9. The zero-order valence-electron chi connectivity index (χ0n) is 17.6. The lowest BCUT2D eigenvalue weighted by Gasteiger charge is -2.10. The number of thioether (sulfide) groups is 1. The van der Waals surface area contributed by atoms with E-state index in [1.807, 2.05) is 48.5 Å². The van der Waals surface area contributed by atoms with E-state index in [9.17, 15) is 9.59 Å². The lowest BCUT2D eigenvalue weighted by molar-refractivity contribution is -0.121. The fraction of sp³-hybridized carbons (Fsp3) is 0.0800. The molecule has 1 heterocycles. The van der Waals surface area contributed by atoms with Gasteiger partial charge in [0.05, 0.1) is 16.2 Å². The molecule has 0 bridgehead atoms. The molecule has 166 valence electrons. The second-order valence-corrected chi connectivity index (χ2v) is 9.10. The number of hydrogen-bond donors (Lipinski definition) is 1. The van der Waals surface area contributed by atoms with Gasteiger partial charge in [-0.3, -0.25) is 9.69 Å². The molecule has 0 spiro atoms. The maximum atomic E-state index is 12.8. The molecule has 0 aromatic heterocycles. The molecular weight excluding hydrogens is 504 g/mol. The molecule has 1 N–H and O–H groups in total. The quantitative estimate of drug-likeness (QED) is 0.404. The lowest BCUT2D eigenvalue weighted by Crippen LogP contribution is -2.23. The number of aromatic carboxylic acids is 1. The fourth-order valence-corrected chi connectivity index (χ4v) is 4.30. The van der Waals surface area contributed by atoms with Crippen molar-refractivity contribution in [3.8, 4) is 5.75 Å². The van der Waals surface area contributed by atoms with Crippen LogP contribution in [0.4, 0.5) is 5.69 Å². The number of amidine groups is 1. The molecule has 3 aromatic rings. The number of hydrogen-bond acceptors (Lipinski definition) is 5. The molecule has 6 nitrogen and oxygen atoms in total. The molecule has 0 radical (unpaired) electrons. The average molecular weight is 523 g/mol. The van der Waals surface area contributed by atoms with Gasteiger partial charge in [0.15, 0.2) is 5.17 Å². The number of halogens is 1. The Labute approximate surface area is 203 Å². The zero-order chi connectivity index (χ0) is 23.4. The van der Waals surface area contributed by atoms with Crippen LogP contribution in [0.25, 0.3) is 6.08 Å². The predicted octanol–water partition coefficient (Wildman–Crippen LogP) is 5.96. The van der Waals surface area contributed by atoms with Crippen molar-refractivity contribution in [2.75, 3.05) is 7.05 Å². The number of carbonyl (C=O) groups excluding carboxylic acids is 1. The number of carboxylic acid groups (broad SMARTS) is 1. The molecule has 33 heavy (non-hydrogen) atoms. The van der Waals surface area contributed by atoms with E-state index >= 15 is 0 Å². The van der Waals surface area contributed by atoms with Crippen molar-refractivity contribution < 1.29 is 19.4 Å². The SMILES string of the molecule is CN1C(=O)/C(=C/c2ccccc2OCc2ccc(C(=O)O)cc2)SC1=Nc1ccc(Br)cc1. The van der Waals surface area contributed by atoms with E-state index in [2.05, 4.69) is 20.9 Å². The summed E-state index contributed by atoms with van der Waals surface area (Å²) < 4.78 is 6.93. The molecular formula is C25H19BrN2O4S. The van der Waals surface area contributed by atoms with Crippen LogP contribution in [0.3, 0.4) is 0 Å². The number of nitrogens with zero attached hydrogens (tertiary/aromatic N) is 2. The molecule has 0 atom stereocenters. The minimum atomic E-state index is -0.966. The number of amides is 1. The second kappa shape index (κ2) is 10.1. The van der Waals surface area contributed by atoms with Crippen molar-refractivity contribution in [2.45, 2.75) is 6.61 Å². The van der Waals surface area contributed by atoms with Crippen molar-refractivity contribution in [3.63, 3.8) is 0 Å². The average Bonchev–Trinajstić information content (AvgIpc) is 3.08. The van der Waals surface area contributed by atoms with Crippen LogP contribution in [0.2, 0.25) is 0 Å². The number of aliphatic imine (C=N–C) groups is 1. The lowest BCUT2D eigenvalue weighted by atomic mass is 10.1. The number of rotatable bonds is 6. The van der Waals surface area contributed by atoms with Gasteiger partial charge in [0.2, 0.25) is 0 Å². The number of ether oxygens (including phenoxy) is 1. The van der Waals surface area contributed by atoms with E-state index in [1.165, 1.54) is 16.7 Å². The summed E-state index contributed by atoms with van der Waals surface area (Å²) in [6, 6.07) is 21.6. The van der Waals surface area contributed by atoms with Crippen LogP contribution in [0.15, 0.2) is 87.2 Å². The van der Waals surface area contributed by atoms with Gasteiger partial charge in [0.25, 0.3) is 5.91 Å². The van der Waals surface area contributed by atoms with Gasteiger partial charge in [0.1, 0.15) is 12.4 Å². The van der Waals surface area contributed by atoms with Crippen LogP contribution < -0.4 is 4.74 Å². The Morgan fingerprint density at radius 2 is 1.79 bits per heavy atom. The Balaban J connectivity index is 1.52. The number of likely N-dealkylation sites (N-methyl/N-ethyl adjacent to an activating group) is 1. The Hall–Kier alpha value is -3.36. The van der Waals surface area contributed by atoms with Crippen LogP contribution in [0, 0.1) is 0 Å². The molecule has 0 saturated carbocycles. The van der Waals surface area contributed by atoms with Crippen LogP contribution in [-0.4, -0.2) is 34.1 Å². The first-order chi connectivity index (χ1) is 15.9. The highest BCUT2D eigenvalue weighted by Crippen LogP contribution is 2.35. The summed E-state index contributed by atoms with van der Waals surface area (Å²) in [6.07, 6.45) is 1.80. The maximum Gasteiger partial charge on any atom is 0.335 e. The zero-order valence-corrected chi connectivity index (χ0v) is 20.0. The highest BCUT2D eigenvalue weighted by molar-refractivity contribution is 9.10. The van der Waals surface area contributed by atoms with Gasteiger partial charge in [-0.2, -0.15) is 0 Å². The van der Waals surface area contributed by atoms with E-state index in [0.717, 1.165) is 21.3 Å². The van der Waals surface area contributed by atoms with Crippen LogP contribution in [0.5, 0.6) is 5.75 Å². The van der Waals surface area contributed by atoms with Crippen LogP contribution >= 0.6 is 27.7 Å². The molecule has 1 fully saturated rings. The Kier molecular flexibility index (Phi) is 6.96. The van der Waals surface area contributed by atoms with Crippen molar-refractivity contribution >= 4 is 56.5 Å². The van der Waals surface area contributed by atoms with Gasteiger partial charge >= 0.3 is 5.97 Å². The third kappa shape index (κ3) is 5.53. The summed E-state index contributed by atoms with van der Waals surface area (Å²) in [4.78, 5) is 30.5. The fourth-order valence-electron chi connectivity index (χ4n) is 3.05. The summed E-state index contributed by atoms with van der Waals surface area (Å²) in [5.41, 5.74) is 2.61. The molecule has 1 saturated heterocycles. The van der Waals surface area contributed by atoms with Crippen molar-refractivity contribution in [1.82, 2.24) is 4.90 Å². The first kappa shape index (κ1) is 22.8. The minimum absolute atomic E-state index is 0.130.